The monoisotopic (exact) mass is 804 g/mol. The van der Waals surface area contributed by atoms with Crippen LogP contribution in [0.4, 0.5) is 0 Å². The predicted octanol–water partition coefficient (Wildman–Crippen LogP) is 10.8. The van der Waals surface area contributed by atoms with E-state index in [4.69, 9.17) is 27.5 Å². The van der Waals surface area contributed by atoms with Crippen LogP contribution in [-0.4, -0.2) is 23.2 Å². The molecule has 287 valence electrons. The molecule has 0 amide bonds. The Morgan fingerprint density at radius 3 is 1.26 bits per heavy atom. The Morgan fingerprint density at radius 1 is 0.593 bits per heavy atom. The average molecular weight is 805 g/mol. The first-order valence-electron chi connectivity index (χ1n) is 17.3. The summed E-state index contributed by atoms with van der Waals surface area (Å²) in [6.45, 7) is 38.4. The standard InChI is InChI=1S/C41H54O4Si2.3CO.Mn/c1-12-37(30-17-25-35(26-18-30)44-46(8,9)40(2,3)4)39(33-21-27-36(28-22-33)45-47(10,11)41(5,6)7)32-19-23-34(24-20-32)43-29-38(42)31-15-13-14-16-31;3*1-2;/h13-28,42H,12,29H2,1-11H3;;;;/p-1/b39-37+;;;;. The van der Waals surface area contributed by atoms with Crippen LogP contribution in [0, 0.1) is 20.0 Å². The summed E-state index contributed by atoms with van der Waals surface area (Å²) < 4.78 is 41.6. The molecule has 10 heteroatoms. The second-order valence-corrected chi connectivity index (χ2v) is 24.8. The van der Waals surface area contributed by atoms with Crippen LogP contribution in [0.2, 0.25) is 36.3 Å². The predicted molar refractivity (Wildman–Crippen MR) is 214 cm³/mol. The van der Waals surface area contributed by atoms with Crippen LogP contribution in [0.25, 0.3) is 11.1 Å². The van der Waals surface area contributed by atoms with Crippen LogP contribution < -0.4 is 18.7 Å². The van der Waals surface area contributed by atoms with Gasteiger partial charge in [-0.3, -0.25) is 0 Å². The first-order valence-corrected chi connectivity index (χ1v) is 23.1. The van der Waals surface area contributed by atoms with Gasteiger partial charge in [0.25, 0.3) is 0 Å². The van der Waals surface area contributed by atoms with Gasteiger partial charge in [0, 0.05) is 17.1 Å². The van der Waals surface area contributed by atoms with E-state index in [9.17, 15) is 5.11 Å². The van der Waals surface area contributed by atoms with Crippen molar-refractivity contribution >= 4 is 27.8 Å². The summed E-state index contributed by atoms with van der Waals surface area (Å²) in [6.07, 6.45) is 8.19. The molecular weight excluding hydrogens is 752 g/mol. The van der Waals surface area contributed by atoms with E-state index in [1.54, 1.807) is 0 Å². The van der Waals surface area contributed by atoms with Crippen LogP contribution in [-0.2, 0) is 31.0 Å². The van der Waals surface area contributed by atoms with Gasteiger partial charge < -0.3 is 18.7 Å². The largest absolute Gasteiger partial charge is 0 e. The van der Waals surface area contributed by atoms with Gasteiger partial charge in [0.05, 0.1) is 6.61 Å². The number of rotatable bonds is 11. The summed E-state index contributed by atoms with van der Waals surface area (Å²) in [5, 5.41) is 12.7. The Hall–Kier alpha value is -4.01. The second-order valence-electron chi connectivity index (χ2n) is 15.4. The third-order valence-corrected chi connectivity index (χ3v) is 18.6. The Balaban J connectivity index is 0.00000382. The van der Waals surface area contributed by atoms with Crippen molar-refractivity contribution < 1.29 is 49.7 Å². The molecule has 3 aromatic rings. The first-order chi connectivity index (χ1) is 24.9. The third kappa shape index (κ3) is 13.7. The van der Waals surface area contributed by atoms with Crippen molar-refractivity contribution in [2.75, 3.05) is 6.61 Å². The second kappa shape index (κ2) is 22.4. The van der Waals surface area contributed by atoms with Crippen molar-refractivity contribution in [1.29, 1.82) is 0 Å². The fourth-order valence-electron chi connectivity index (χ4n) is 4.86. The average Bonchev–Trinajstić information content (AvgIpc) is 3.68. The molecule has 0 bridgehead atoms. The molecule has 0 heterocycles. The molecule has 1 aliphatic carbocycles. The molecule has 1 radical (unpaired) electrons. The molecule has 54 heavy (non-hydrogen) atoms. The van der Waals surface area contributed by atoms with Gasteiger partial charge in [-0.05, 0) is 112 Å². The summed E-state index contributed by atoms with van der Waals surface area (Å²) in [5.74, 6) is 2.45. The van der Waals surface area contributed by atoms with E-state index in [1.165, 1.54) is 5.57 Å². The minimum Gasteiger partial charge on any atom is 0 e. The molecule has 0 spiro atoms. The topological polar surface area (TPSA) is 110 Å². The summed E-state index contributed by atoms with van der Waals surface area (Å²) in [4.78, 5) is 0. The Kier molecular flexibility index (Phi) is 20.7. The van der Waals surface area contributed by atoms with Gasteiger partial charge in [-0.2, -0.15) is 0 Å². The maximum absolute atomic E-state index is 12.5. The molecule has 0 N–H and O–H groups in total. The fourth-order valence-corrected chi connectivity index (χ4v) is 6.92. The van der Waals surface area contributed by atoms with Crippen molar-refractivity contribution in [1.82, 2.24) is 0 Å². The summed E-state index contributed by atoms with van der Waals surface area (Å²) in [7, 11) is -3.92. The van der Waals surface area contributed by atoms with Crippen LogP contribution in [0.5, 0.6) is 17.2 Å². The Labute approximate surface area is 336 Å². The SMILES string of the molecule is CC/C(=C(/c1ccc(OCC([O-])=C2C=CC=C2)cc1)c1ccc(O[Si](C)(C)C(C)(C)C)cc1)c1ccc(O[Si](C)(C)C(C)(C)C)cc1.[C-]#[O+].[C-]#[O+].[C-]#[O+].[Mn]. The molecule has 0 atom stereocenters. The fraction of sp³-hybridized carbons (Fsp3) is 0.341. The van der Waals surface area contributed by atoms with Crippen LogP contribution in [0.1, 0.15) is 71.6 Å². The van der Waals surface area contributed by atoms with Crippen molar-refractivity contribution in [3.8, 4) is 17.2 Å². The molecule has 0 saturated carbocycles. The minimum absolute atomic E-state index is 0. The van der Waals surface area contributed by atoms with Crippen molar-refractivity contribution in [2.24, 2.45) is 0 Å². The molecule has 0 unspecified atom stereocenters. The van der Waals surface area contributed by atoms with Crippen molar-refractivity contribution in [2.45, 2.75) is 91.2 Å². The molecule has 0 aliphatic heterocycles. The van der Waals surface area contributed by atoms with Gasteiger partial charge in [0.2, 0.25) is 16.6 Å². The summed E-state index contributed by atoms with van der Waals surface area (Å²) in [5.41, 5.74) is 6.42. The first kappa shape index (κ1) is 50.0. The molecule has 3 aromatic carbocycles. The summed E-state index contributed by atoms with van der Waals surface area (Å²) >= 11 is 0. The van der Waals surface area contributed by atoms with E-state index in [2.05, 4.69) is 155 Å². The van der Waals surface area contributed by atoms with Crippen LogP contribution >= 0.6 is 0 Å². The van der Waals surface area contributed by atoms with E-state index in [0.717, 1.165) is 40.2 Å². The number of ether oxygens (including phenoxy) is 1. The molecule has 7 nitrogen and oxygen atoms in total. The molecular formula is C44H53MnO7Si2-. The quantitative estimate of drug-likeness (QED) is 0.0632. The zero-order valence-corrected chi connectivity index (χ0v) is 36.6. The number of hydrogen-bond acceptors (Lipinski definition) is 4. The van der Waals surface area contributed by atoms with Gasteiger partial charge in [-0.1, -0.05) is 115 Å². The minimum atomic E-state index is -1.97. The Bertz CT molecular complexity index is 1770. The van der Waals surface area contributed by atoms with E-state index in [-0.39, 0.29) is 39.5 Å². The molecule has 4 rings (SSSR count). The Morgan fingerprint density at radius 2 is 0.926 bits per heavy atom. The van der Waals surface area contributed by atoms with Crippen LogP contribution in [0.15, 0.2) is 108 Å². The zero-order chi connectivity index (χ0) is 40.6. The smallest absolute Gasteiger partial charge is 0 e. The zero-order valence-electron chi connectivity index (χ0n) is 33.4. The van der Waals surface area contributed by atoms with Gasteiger partial charge in [-0.25, -0.2) is 0 Å². The maximum atomic E-state index is 12.5. The van der Waals surface area contributed by atoms with Crippen molar-refractivity contribution in [3.63, 3.8) is 0 Å². The van der Waals surface area contributed by atoms with Crippen LogP contribution in [0.3, 0.4) is 0 Å². The number of hydrogen-bond donors (Lipinski definition) is 0. The number of benzene rings is 3. The van der Waals surface area contributed by atoms with E-state index in [1.807, 2.05) is 36.4 Å². The van der Waals surface area contributed by atoms with Gasteiger partial charge >= 0.3 is 33.9 Å². The normalized spacial score (nSPS) is 12.5. The van der Waals surface area contributed by atoms with Gasteiger partial charge in [-0.15, -0.1) is 0 Å². The van der Waals surface area contributed by atoms with E-state index < -0.39 is 16.6 Å². The van der Waals surface area contributed by atoms with Gasteiger partial charge in [0.1, 0.15) is 17.2 Å². The summed E-state index contributed by atoms with van der Waals surface area (Å²) in [6, 6.07) is 25.2. The third-order valence-electron chi connectivity index (χ3n) is 9.86. The van der Waals surface area contributed by atoms with E-state index in [0.29, 0.717) is 11.3 Å². The number of allylic oxidation sites excluding steroid dienone is 6. The van der Waals surface area contributed by atoms with Crippen molar-refractivity contribution in [3.05, 3.63) is 145 Å². The van der Waals surface area contributed by atoms with Gasteiger partial charge in [0.15, 0.2) is 0 Å². The molecule has 0 saturated heterocycles. The molecule has 0 fully saturated rings. The molecule has 1 aliphatic rings. The molecule has 0 aromatic heterocycles. The maximum Gasteiger partial charge on any atom is 0 e. The van der Waals surface area contributed by atoms with E-state index >= 15 is 0 Å².